The lowest BCUT2D eigenvalue weighted by Crippen LogP contribution is -2.13. The Balaban J connectivity index is 3.38. The lowest BCUT2D eigenvalue weighted by molar-refractivity contribution is -0.142. The third-order valence-electron chi connectivity index (χ3n) is 7.66. The highest BCUT2D eigenvalue weighted by Crippen LogP contribution is 2.20. The molecule has 0 heterocycles. The SMILES string of the molecule is CCCCCCCCCCCCCCCCCCC(CCCCCCCCCCCC)C(=O)O. The second-order valence-corrected chi connectivity index (χ2v) is 11.1. The number of hydrogen-bond donors (Lipinski definition) is 1. The summed E-state index contributed by atoms with van der Waals surface area (Å²) in [7, 11) is 0. The molecular weight excluding hydrogens is 416 g/mol. The van der Waals surface area contributed by atoms with Gasteiger partial charge in [0.25, 0.3) is 0 Å². The molecule has 0 aromatic rings. The number of unbranched alkanes of at least 4 members (excludes halogenated alkanes) is 24. The molecule has 0 spiro atoms. The third-order valence-corrected chi connectivity index (χ3v) is 7.66. The highest BCUT2D eigenvalue weighted by Gasteiger charge is 2.16. The first kappa shape index (κ1) is 33.5. The molecule has 0 fully saturated rings. The quantitative estimate of drug-likeness (QED) is 0.108. The first-order valence-corrected chi connectivity index (χ1v) is 15.9. The van der Waals surface area contributed by atoms with Crippen LogP contribution < -0.4 is 0 Å². The van der Waals surface area contributed by atoms with Crippen molar-refractivity contribution in [2.45, 2.75) is 194 Å². The van der Waals surface area contributed by atoms with E-state index in [1.54, 1.807) is 0 Å². The molecule has 34 heavy (non-hydrogen) atoms. The molecule has 0 saturated heterocycles. The van der Waals surface area contributed by atoms with Gasteiger partial charge in [-0.15, -0.1) is 0 Å². The Hall–Kier alpha value is -0.530. The van der Waals surface area contributed by atoms with Crippen LogP contribution in [0.5, 0.6) is 0 Å². The second-order valence-electron chi connectivity index (χ2n) is 11.1. The molecule has 1 N–H and O–H groups in total. The van der Waals surface area contributed by atoms with Gasteiger partial charge >= 0.3 is 5.97 Å². The van der Waals surface area contributed by atoms with Crippen molar-refractivity contribution in [1.29, 1.82) is 0 Å². The lowest BCUT2D eigenvalue weighted by atomic mass is 9.94. The fourth-order valence-electron chi connectivity index (χ4n) is 5.21. The Morgan fingerprint density at radius 2 is 0.618 bits per heavy atom. The number of carboxylic acid groups (broad SMARTS) is 1. The van der Waals surface area contributed by atoms with E-state index in [2.05, 4.69) is 13.8 Å². The molecular formula is C32H64O2. The summed E-state index contributed by atoms with van der Waals surface area (Å²) in [4.78, 5) is 11.6. The normalized spacial score (nSPS) is 12.3. The maximum atomic E-state index is 11.6. The molecule has 0 aliphatic carbocycles. The molecule has 0 aromatic heterocycles. The first-order valence-electron chi connectivity index (χ1n) is 15.9. The molecule has 0 radical (unpaired) electrons. The molecule has 0 aliphatic rings. The van der Waals surface area contributed by atoms with E-state index in [1.807, 2.05) is 0 Å². The van der Waals surface area contributed by atoms with E-state index < -0.39 is 5.97 Å². The smallest absolute Gasteiger partial charge is 0.306 e. The van der Waals surface area contributed by atoms with Gasteiger partial charge in [-0.2, -0.15) is 0 Å². The van der Waals surface area contributed by atoms with E-state index in [1.165, 1.54) is 154 Å². The number of rotatable bonds is 29. The van der Waals surface area contributed by atoms with Gasteiger partial charge < -0.3 is 5.11 Å². The minimum atomic E-state index is -0.558. The molecule has 1 atom stereocenters. The van der Waals surface area contributed by atoms with Gasteiger partial charge in [0.1, 0.15) is 0 Å². The maximum Gasteiger partial charge on any atom is 0.306 e. The Morgan fingerprint density at radius 3 is 0.824 bits per heavy atom. The van der Waals surface area contributed by atoms with Crippen LogP contribution in [0.4, 0.5) is 0 Å². The van der Waals surface area contributed by atoms with Crippen LogP contribution in [0, 0.1) is 5.92 Å². The molecule has 0 rings (SSSR count). The molecule has 0 aliphatic heterocycles. The van der Waals surface area contributed by atoms with E-state index in [4.69, 9.17) is 0 Å². The second kappa shape index (κ2) is 28.7. The summed E-state index contributed by atoms with van der Waals surface area (Å²) >= 11 is 0. The summed E-state index contributed by atoms with van der Waals surface area (Å²) in [6.45, 7) is 4.56. The van der Waals surface area contributed by atoms with Crippen LogP contribution in [0.1, 0.15) is 194 Å². The third kappa shape index (κ3) is 26.1. The van der Waals surface area contributed by atoms with Crippen molar-refractivity contribution in [3.8, 4) is 0 Å². The topological polar surface area (TPSA) is 37.3 Å². The van der Waals surface area contributed by atoms with Crippen molar-refractivity contribution in [3.05, 3.63) is 0 Å². The molecule has 0 aromatic carbocycles. The number of carboxylic acids is 1. The monoisotopic (exact) mass is 480 g/mol. The fraction of sp³-hybridized carbons (Fsp3) is 0.969. The standard InChI is InChI=1S/C32H64O2/c1-3-5-7-9-11-13-15-16-17-18-19-20-22-24-26-28-30-31(32(33)34)29-27-25-23-21-14-12-10-8-6-4-2/h31H,3-30H2,1-2H3,(H,33,34). The van der Waals surface area contributed by atoms with E-state index in [9.17, 15) is 9.90 Å². The summed E-state index contributed by atoms with van der Waals surface area (Å²) in [6.07, 6.45) is 37.0. The zero-order valence-electron chi connectivity index (χ0n) is 23.7. The Bertz CT molecular complexity index is 392. The van der Waals surface area contributed by atoms with E-state index >= 15 is 0 Å². The summed E-state index contributed by atoms with van der Waals surface area (Å²) < 4.78 is 0. The van der Waals surface area contributed by atoms with Gasteiger partial charge in [-0.1, -0.05) is 181 Å². The molecule has 0 saturated carbocycles. The average Bonchev–Trinajstić information content (AvgIpc) is 2.83. The van der Waals surface area contributed by atoms with Crippen LogP contribution >= 0.6 is 0 Å². The van der Waals surface area contributed by atoms with Crippen molar-refractivity contribution < 1.29 is 9.90 Å². The van der Waals surface area contributed by atoms with Gasteiger partial charge in [0.2, 0.25) is 0 Å². The Labute approximate surface area is 215 Å². The number of aliphatic carboxylic acids is 1. The number of carbonyl (C=O) groups is 1. The number of hydrogen-bond acceptors (Lipinski definition) is 1. The van der Waals surface area contributed by atoms with E-state index in [0.29, 0.717) is 0 Å². The van der Waals surface area contributed by atoms with Crippen molar-refractivity contribution in [3.63, 3.8) is 0 Å². The van der Waals surface area contributed by atoms with Gasteiger partial charge in [0, 0.05) is 0 Å². The predicted octanol–water partition coefficient (Wildman–Crippen LogP) is 11.6. The van der Waals surface area contributed by atoms with Gasteiger partial charge in [0.05, 0.1) is 5.92 Å². The van der Waals surface area contributed by atoms with Crippen LogP contribution in [-0.2, 0) is 4.79 Å². The fourth-order valence-corrected chi connectivity index (χ4v) is 5.21. The van der Waals surface area contributed by atoms with Crippen LogP contribution in [0.15, 0.2) is 0 Å². The van der Waals surface area contributed by atoms with Crippen molar-refractivity contribution in [1.82, 2.24) is 0 Å². The predicted molar refractivity (Wildman–Crippen MR) is 152 cm³/mol. The van der Waals surface area contributed by atoms with Gasteiger partial charge in [-0.3, -0.25) is 4.79 Å². The highest BCUT2D eigenvalue weighted by atomic mass is 16.4. The summed E-state index contributed by atoms with van der Waals surface area (Å²) in [5.74, 6) is -0.655. The summed E-state index contributed by atoms with van der Waals surface area (Å²) in [6, 6.07) is 0. The van der Waals surface area contributed by atoms with Crippen LogP contribution in [0.2, 0.25) is 0 Å². The van der Waals surface area contributed by atoms with Crippen LogP contribution in [0.3, 0.4) is 0 Å². The van der Waals surface area contributed by atoms with Crippen molar-refractivity contribution in [2.24, 2.45) is 5.92 Å². The highest BCUT2D eigenvalue weighted by molar-refractivity contribution is 5.69. The lowest BCUT2D eigenvalue weighted by Gasteiger charge is -2.12. The molecule has 0 bridgehead atoms. The first-order chi connectivity index (χ1) is 16.7. The molecule has 2 nitrogen and oxygen atoms in total. The minimum Gasteiger partial charge on any atom is -0.481 e. The average molecular weight is 481 g/mol. The van der Waals surface area contributed by atoms with Crippen molar-refractivity contribution in [2.75, 3.05) is 0 Å². The molecule has 204 valence electrons. The minimum absolute atomic E-state index is 0.0966. The summed E-state index contributed by atoms with van der Waals surface area (Å²) in [5, 5.41) is 9.54. The molecule has 2 heteroatoms. The van der Waals surface area contributed by atoms with Crippen molar-refractivity contribution >= 4 is 5.97 Å². The zero-order chi connectivity index (χ0) is 25.0. The van der Waals surface area contributed by atoms with Gasteiger partial charge in [-0.25, -0.2) is 0 Å². The van der Waals surface area contributed by atoms with Gasteiger partial charge in [0.15, 0.2) is 0 Å². The zero-order valence-corrected chi connectivity index (χ0v) is 23.7. The largest absolute Gasteiger partial charge is 0.481 e. The van der Waals surface area contributed by atoms with Gasteiger partial charge in [-0.05, 0) is 12.8 Å². The van der Waals surface area contributed by atoms with Crippen LogP contribution in [-0.4, -0.2) is 11.1 Å². The van der Waals surface area contributed by atoms with Crippen LogP contribution in [0.25, 0.3) is 0 Å². The summed E-state index contributed by atoms with van der Waals surface area (Å²) in [5.41, 5.74) is 0. The molecule has 0 amide bonds. The maximum absolute atomic E-state index is 11.6. The Kier molecular flexibility index (Phi) is 28.3. The Morgan fingerprint density at radius 1 is 0.412 bits per heavy atom. The van der Waals surface area contributed by atoms with E-state index in [-0.39, 0.29) is 5.92 Å². The van der Waals surface area contributed by atoms with E-state index in [0.717, 1.165) is 25.7 Å². The molecule has 1 unspecified atom stereocenters.